The van der Waals surface area contributed by atoms with E-state index in [-0.39, 0.29) is 5.54 Å². The minimum atomic E-state index is 0.0464. The van der Waals surface area contributed by atoms with Crippen molar-refractivity contribution in [1.29, 1.82) is 0 Å². The summed E-state index contributed by atoms with van der Waals surface area (Å²) >= 11 is 0. The highest BCUT2D eigenvalue weighted by atomic mass is 15.1. The van der Waals surface area contributed by atoms with Gasteiger partial charge in [-0.25, -0.2) is 0 Å². The second kappa shape index (κ2) is 7.41. The molecule has 2 rings (SSSR count). The summed E-state index contributed by atoms with van der Waals surface area (Å²) in [5, 5.41) is 7.04. The standard InChI is InChI=1S/C17H27N3/c1-3-5-7-11-17(12-8-6-4-2)13-9-15(19-17)16-10-14-18-20-16/h9-10,13-14H,3-8,11-12H2,1-2H3,(H,18,20). The highest BCUT2D eigenvalue weighted by molar-refractivity contribution is 6.09. The lowest BCUT2D eigenvalue weighted by atomic mass is 9.88. The number of rotatable bonds is 9. The van der Waals surface area contributed by atoms with Crippen LogP contribution in [-0.4, -0.2) is 21.4 Å². The third kappa shape index (κ3) is 3.81. The summed E-state index contributed by atoms with van der Waals surface area (Å²) < 4.78 is 0. The lowest BCUT2D eigenvalue weighted by molar-refractivity contribution is 0.418. The van der Waals surface area contributed by atoms with Crippen molar-refractivity contribution in [1.82, 2.24) is 10.2 Å². The van der Waals surface area contributed by atoms with Crippen LogP contribution in [-0.2, 0) is 0 Å². The highest BCUT2D eigenvalue weighted by Gasteiger charge is 2.29. The fraction of sp³-hybridized carbons (Fsp3) is 0.647. The number of allylic oxidation sites excluding steroid dienone is 1. The number of hydrogen-bond acceptors (Lipinski definition) is 2. The largest absolute Gasteiger partial charge is 0.276 e. The zero-order valence-electron chi connectivity index (χ0n) is 12.9. The Labute approximate surface area is 122 Å². The van der Waals surface area contributed by atoms with Gasteiger partial charge in [0.05, 0.1) is 16.9 Å². The van der Waals surface area contributed by atoms with Gasteiger partial charge in [-0.15, -0.1) is 0 Å². The van der Waals surface area contributed by atoms with E-state index in [9.17, 15) is 0 Å². The van der Waals surface area contributed by atoms with Gasteiger partial charge in [-0.1, -0.05) is 58.4 Å². The van der Waals surface area contributed by atoms with E-state index in [2.05, 4.69) is 36.2 Å². The molecule has 1 aliphatic rings. The van der Waals surface area contributed by atoms with Crippen molar-refractivity contribution in [2.45, 2.75) is 70.8 Å². The average molecular weight is 273 g/mol. The first-order chi connectivity index (χ1) is 9.79. The molecule has 0 fully saturated rings. The molecule has 0 atom stereocenters. The van der Waals surface area contributed by atoms with Crippen molar-refractivity contribution in [3.8, 4) is 0 Å². The molecule has 0 saturated heterocycles. The number of H-pyrrole nitrogens is 1. The van der Waals surface area contributed by atoms with Gasteiger partial charge in [0.25, 0.3) is 0 Å². The smallest absolute Gasteiger partial charge is 0.0833 e. The molecule has 2 heterocycles. The van der Waals surface area contributed by atoms with Crippen LogP contribution in [0, 0.1) is 0 Å². The molecule has 0 aliphatic carbocycles. The van der Waals surface area contributed by atoms with Crippen LogP contribution in [0.1, 0.15) is 70.9 Å². The first-order valence-corrected chi connectivity index (χ1v) is 8.08. The van der Waals surface area contributed by atoms with Crippen LogP contribution in [0.4, 0.5) is 0 Å². The first-order valence-electron chi connectivity index (χ1n) is 8.08. The van der Waals surface area contributed by atoms with Crippen molar-refractivity contribution in [3.05, 3.63) is 30.1 Å². The summed E-state index contributed by atoms with van der Waals surface area (Å²) in [4.78, 5) is 5.04. The first kappa shape index (κ1) is 15.0. The SMILES string of the molecule is CCCCCC1(CCCCC)C=CC(c2ccn[nH]2)=N1. The third-order valence-corrected chi connectivity index (χ3v) is 4.10. The highest BCUT2D eigenvalue weighted by Crippen LogP contribution is 2.32. The molecule has 20 heavy (non-hydrogen) atoms. The molecule has 3 nitrogen and oxygen atoms in total. The number of aromatic nitrogens is 2. The number of nitrogens with one attached hydrogen (secondary N) is 1. The molecule has 0 bridgehead atoms. The van der Waals surface area contributed by atoms with E-state index < -0.39 is 0 Å². The van der Waals surface area contributed by atoms with Crippen LogP contribution in [0.2, 0.25) is 0 Å². The van der Waals surface area contributed by atoms with Crippen LogP contribution in [0.25, 0.3) is 0 Å². The second-order valence-corrected chi connectivity index (χ2v) is 5.82. The molecule has 0 saturated carbocycles. The third-order valence-electron chi connectivity index (χ3n) is 4.10. The lowest BCUT2D eigenvalue weighted by Gasteiger charge is -2.24. The molecule has 0 aromatic carbocycles. The van der Waals surface area contributed by atoms with E-state index in [0.717, 1.165) is 11.4 Å². The van der Waals surface area contributed by atoms with E-state index in [1.165, 1.54) is 51.4 Å². The molecule has 0 unspecified atom stereocenters. The molecule has 110 valence electrons. The fourth-order valence-electron chi connectivity index (χ4n) is 2.86. The molecular formula is C17H27N3. The molecule has 1 N–H and O–H groups in total. The molecule has 1 aromatic rings. The van der Waals surface area contributed by atoms with E-state index in [1.807, 2.05) is 6.07 Å². The average Bonchev–Trinajstić information content (AvgIpc) is 3.09. The van der Waals surface area contributed by atoms with Gasteiger partial charge >= 0.3 is 0 Å². The van der Waals surface area contributed by atoms with E-state index in [4.69, 9.17) is 4.99 Å². The molecule has 1 aliphatic heterocycles. The Balaban J connectivity index is 2.05. The van der Waals surface area contributed by atoms with Gasteiger partial charge < -0.3 is 0 Å². The maximum absolute atomic E-state index is 5.04. The van der Waals surface area contributed by atoms with Crippen LogP contribution < -0.4 is 0 Å². The zero-order valence-corrected chi connectivity index (χ0v) is 12.9. The fourth-order valence-corrected chi connectivity index (χ4v) is 2.86. The Morgan fingerprint density at radius 1 is 1.05 bits per heavy atom. The predicted octanol–water partition coefficient (Wildman–Crippen LogP) is 4.67. The Morgan fingerprint density at radius 3 is 2.30 bits per heavy atom. The van der Waals surface area contributed by atoms with Crippen molar-refractivity contribution in [2.24, 2.45) is 4.99 Å². The number of aliphatic imine (C=N–C) groups is 1. The summed E-state index contributed by atoms with van der Waals surface area (Å²) in [5.74, 6) is 0. The molecule has 1 aromatic heterocycles. The maximum atomic E-state index is 5.04. The van der Waals surface area contributed by atoms with Gasteiger partial charge in [0.1, 0.15) is 0 Å². The van der Waals surface area contributed by atoms with Crippen molar-refractivity contribution in [3.63, 3.8) is 0 Å². The number of hydrogen-bond donors (Lipinski definition) is 1. The Morgan fingerprint density at radius 2 is 1.75 bits per heavy atom. The van der Waals surface area contributed by atoms with Crippen molar-refractivity contribution >= 4 is 5.71 Å². The number of aromatic amines is 1. The van der Waals surface area contributed by atoms with E-state index >= 15 is 0 Å². The summed E-state index contributed by atoms with van der Waals surface area (Å²) in [7, 11) is 0. The van der Waals surface area contributed by atoms with Crippen molar-refractivity contribution in [2.75, 3.05) is 0 Å². The summed E-state index contributed by atoms with van der Waals surface area (Å²) in [6.45, 7) is 4.51. The van der Waals surface area contributed by atoms with E-state index in [1.54, 1.807) is 6.20 Å². The topological polar surface area (TPSA) is 41.0 Å². The minimum Gasteiger partial charge on any atom is -0.276 e. The van der Waals surface area contributed by atoms with Gasteiger partial charge in [0.2, 0.25) is 0 Å². The molecular weight excluding hydrogens is 246 g/mol. The van der Waals surface area contributed by atoms with E-state index in [0.29, 0.717) is 0 Å². The Bertz CT molecular complexity index is 433. The summed E-state index contributed by atoms with van der Waals surface area (Å²) in [5.41, 5.74) is 2.15. The molecule has 3 heteroatoms. The maximum Gasteiger partial charge on any atom is 0.0833 e. The number of unbranched alkanes of at least 4 members (excludes halogenated alkanes) is 4. The second-order valence-electron chi connectivity index (χ2n) is 5.82. The lowest BCUT2D eigenvalue weighted by Crippen LogP contribution is -2.22. The zero-order chi connectivity index (χ0) is 14.3. The molecule has 0 radical (unpaired) electrons. The van der Waals surface area contributed by atoms with Crippen molar-refractivity contribution < 1.29 is 0 Å². The Kier molecular flexibility index (Phi) is 5.57. The number of nitrogens with zero attached hydrogens (tertiary/aromatic N) is 2. The monoisotopic (exact) mass is 273 g/mol. The van der Waals surface area contributed by atoms with Gasteiger partial charge in [-0.3, -0.25) is 10.1 Å². The van der Waals surface area contributed by atoms with Gasteiger partial charge in [0, 0.05) is 6.20 Å². The van der Waals surface area contributed by atoms with Crippen LogP contribution in [0.3, 0.4) is 0 Å². The summed E-state index contributed by atoms with van der Waals surface area (Å²) in [6, 6.07) is 2.00. The normalized spacial score (nSPS) is 16.6. The quantitative estimate of drug-likeness (QED) is 0.653. The van der Waals surface area contributed by atoms with Gasteiger partial charge in [-0.2, -0.15) is 5.10 Å². The summed E-state index contributed by atoms with van der Waals surface area (Å²) in [6.07, 6.45) is 16.3. The minimum absolute atomic E-state index is 0.0464. The predicted molar refractivity (Wildman–Crippen MR) is 85.3 cm³/mol. The van der Waals surface area contributed by atoms with Crippen LogP contribution in [0.5, 0.6) is 0 Å². The Hall–Kier alpha value is -1.38. The van der Waals surface area contributed by atoms with Gasteiger partial charge in [0.15, 0.2) is 0 Å². The van der Waals surface area contributed by atoms with Crippen LogP contribution in [0.15, 0.2) is 29.4 Å². The van der Waals surface area contributed by atoms with Gasteiger partial charge in [-0.05, 0) is 25.0 Å². The molecule has 0 amide bonds. The van der Waals surface area contributed by atoms with Crippen LogP contribution >= 0.6 is 0 Å². The molecule has 0 spiro atoms.